The van der Waals surface area contributed by atoms with E-state index in [1.54, 1.807) is 0 Å². The highest BCUT2D eigenvalue weighted by Crippen LogP contribution is 2.31. The summed E-state index contributed by atoms with van der Waals surface area (Å²) in [6.45, 7) is 7.14. The Balaban J connectivity index is 1.33. The molecule has 2 aliphatic rings. The first kappa shape index (κ1) is 17.2. The van der Waals surface area contributed by atoms with Crippen LogP contribution in [-0.2, 0) is 11.3 Å². The summed E-state index contributed by atoms with van der Waals surface area (Å²) in [6.07, 6.45) is 4.15. The lowest BCUT2D eigenvalue weighted by atomic mass is 10.1. The number of amides is 1. The minimum Gasteiger partial charge on any atom is -0.484 e. The van der Waals surface area contributed by atoms with Crippen molar-refractivity contribution in [2.24, 2.45) is 5.92 Å². The molecule has 1 heterocycles. The molecule has 132 valence electrons. The van der Waals surface area contributed by atoms with E-state index in [1.807, 2.05) is 19.1 Å². The summed E-state index contributed by atoms with van der Waals surface area (Å²) < 4.78 is 5.46. The van der Waals surface area contributed by atoms with Crippen LogP contribution in [-0.4, -0.2) is 49.6 Å². The van der Waals surface area contributed by atoms with Crippen LogP contribution in [0.5, 0.6) is 5.75 Å². The molecule has 1 atom stereocenters. The number of benzene rings is 1. The number of carbonyl (C=O) groups is 1. The van der Waals surface area contributed by atoms with Gasteiger partial charge in [0.1, 0.15) is 5.75 Å². The molecule has 24 heavy (non-hydrogen) atoms. The fourth-order valence-electron chi connectivity index (χ4n) is 3.32. The third kappa shape index (κ3) is 5.21. The lowest BCUT2D eigenvalue weighted by molar-refractivity contribution is -0.122. The second-order valence-corrected chi connectivity index (χ2v) is 6.90. The molecule has 1 aliphatic carbocycles. The third-order valence-corrected chi connectivity index (χ3v) is 4.81. The Morgan fingerprint density at radius 1 is 1.25 bits per heavy atom. The van der Waals surface area contributed by atoms with Gasteiger partial charge in [0.15, 0.2) is 6.61 Å². The highest BCUT2D eigenvalue weighted by Gasteiger charge is 2.33. The van der Waals surface area contributed by atoms with Crippen LogP contribution >= 0.6 is 0 Å². The Bertz CT molecular complexity index is 528. The van der Waals surface area contributed by atoms with E-state index in [4.69, 9.17) is 4.74 Å². The van der Waals surface area contributed by atoms with Gasteiger partial charge in [-0.25, -0.2) is 0 Å². The van der Waals surface area contributed by atoms with Crippen molar-refractivity contribution in [3.05, 3.63) is 29.8 Å². The molecule has 1 saturated heterocycles. The number of hydrogen-bond donors (Lipinski definition) is 2. The number of rotatable bonds is 9. The summed E-state index contributed by atoms with van der Waals surface area (Å²) in [5.74, 6) is 1.45. The van der Waals surface area contributed by atoms with Gasteiger partial charge in [0.25, 0.3) is 5.91 Å². The number of likely N-dealkylation sites (N-methyl/N-ethyl adjacent to an activating group) is 1. The van der Waals surface area contributed by atoms with Crippen LogP contribution in [0.4, 0.5) is 0 Å². The number of carbonyl (C=O) groups excluding carboxylic acids is 1. The van der Waals surface area contributed by atoms with Gasteiger partial charge >= 0.3 is 0 Å². The van der Waals surface area contributed by atoms with Gasteiger partial charge in [-0.1, -0.05) is 12.1 Å². The van der Waals surface area contributed by atoms with Gasteiger partial charge in [-0.15, -0.1) is 0 Å². The van der Waals surface area contributed by atoms with Crippen molar-refractivity contribution in [2.75, 3.05) is 32.8 Å². The van der Waals surface area contributed by atoms with Gasteiger partial charge in [0.2, 0.25) is 0 Å². The van der Waals surface area contributed by atoms with Crippen LogP contribution in [0.2, 0.25) is 0 Å². The predicted molar refractivity (Wildman–Crippen MR) is 95.0 cm³/mol. The van der Waals surface area contributed by atoms with Crippen molar-refractivity contribution < 1.29 is 9.53 Å². The molecule has 1 aliphatic heterocycles. The summed E-state index contributed by atoms with van der Waals surface area (Å²) >= 11 is 0. The van der Waals surface area contributed by atoms with E-state index in [0.717, 1.165) is 30.8 Å². The van der Waals surface area contributed by atoms with E-state index >= 15 is 0 Å². The normalized spacial score (nSPS) is 21.0. The molecule has 5 nitrogen and oxygen atoms in total. The monoisotopic (exact) mass is 331 g/mol. The molecule has 0 spiro atoms. The molecule has 5 heteroatoms. The molecule has 2 N–H and O–H groups in total. The van der Waals surface area contributed by atoms with Crippen LogP contribution in [0.1, 0.15) is 31.7 Å². The van der Waals surface area contributed by atoms with E-state index in [-0.39, 0.29) is 12.5 Å². The zero-order chi connectivity index (χ0) is 16.8. The largest absolute Gasteiger partial charge is 0.484 e. The zero-order valence-electron chi connectivity index (χ0n) is 14.6. The molecular weight excluding hydrogens is 302 g/mol. The first-order chi connectivity index (χ1) is 11.7. The summed E-state index contributed by atoms with van der Waals surface area (Å²) in [5, 5.41) is 6.30. The average molecular weight is 331 g/mol. The van der Waals surface area contributed by atoms with Crippen LogP contribution in [0, 0.1) is 5.92 Å². The van der Waals surface area contributed by atoms with Crippen LogP contribution in [0.15, 0.2) is 24.3 Å². The molecular formula is C19H29N3O2. The molecule has 3 rings (SSSR count). The number of hydrogen-bond acceptors (Lipinski definition) is 4. The maximum atomic E-state index is 11.4. The summed E-state index contributed by atoms with van der Waals surface area (Å²) in [7, 11) is 0. The smallest absolute Gasteiger partial charge is 0.257 e. The topological polar surface area (TPSA) is 53.6 Å². The highest BCUT2D eigenvalue weighted by molar-refractivity contribution is 5.77. The van der Waals surface area contributed by atoms with Crippen molar-refractivity contribution >= 4 is 5.91 Å². The van der Waals surface area contributed by atoms with E-state index < -0.39 is 0 Å². The van der Waals surface area contributed by atoms with Gasteiger partial charge in [-0.2, -0.15) is 0 Å². The first-order valence-electron chi connectivity index (χ1n) is 9.18. The molecule has 0 radical (unpaired) electrons. The Morgan fingerprint density at radius 3 is 2.75 bits per heavy atom. The highest BCUT2D eigenvalue weighted by atomic mass is 16.5. The van der Waals surface area contributed by atoms with Crippen LogP contribution in [0.3, 0.4) is 0 Å². The Hall–Kier alpha value is -1.59. The average Bonchev–Trinajstić information content (AvgIpc) is 3.34. The lowest BCUT2D eigenvalue weighted by Crippen LogP contribution is -2.28. The molecule has 1 unspecified atom stereocenters. The zero-order valence-corrected chi connectivity index (χ0v) is 14.6. The summed E-state index contributed by atoms with van der Waals surface area (Å²) in [6, 6.07) is 8.89. The molecule has 1 aromatic rings. The van der Waals surface area contributed by atoms with Crippen molar-refractivity contribution in [1.82, 2.24) is 15.5 Å². The maximum Gasteiger partial charge on any atom is 0.257 e. The second kappa shape index (κ2) is 8.49. The van der Waals surface area contributed by atoms with Crippen molar-refractivity contribution in [2.45, 2.75) is 38.8 Å². The fourth-order valence-corrected chi connectivity index (χ4v) is 3.32. The quantitative estimate of drug-likeness (QED) is 0.724. The standard InChI is InChI=1S/C19H29N3O2/c1-2-21-19(23)14-24-18-7-3-15(4-8-18)11-20-12-16-9-10-22(13-16)17-5-6-17/h3-4,7-8,16-17,20H,2,5-6,9-14H2,1H3,(H,21,23). The molecule has 0 aromatic heterocycles. The minimum absolute atomic E-state index is 0.0740. The molecule has 0 bridgehead atoms. The van der Waals surface area contributed by atoms with Gasteiger partial charge < -0.3 is 20.3 Å². The Kier molecular flexibility index (Phi) is 6.10. The number of ether oxygens (including phenoxy) is 1. The maximum absolute atomic E-state index is 11.4. The summed E-state index contributed by atoms with van der Waals surface area (Å²) in [4.78, 5) is 14.0. The van der Waals surface area contributed by atoms with Crippen molar-refractivity contribution in [3.63, 3.8) is 0 Å². The summed E-state index contributed by atoms with van der Waals surface area (Å²) in [5.41, 5.74) is 1.25. The van der Waals surface area contributed by atoms with E-state index in [2.05, 4.69) is 27.7 Å². The van der Waals surface area contributed by atoms with Gasteiger partial charge in [0, 0.05) is 25.7 Å². The third-order valence-electron chi connectivity index (χ3n) is 4.81. The predicted octanol–water partition coefficient (Wildman–Crippen LogP) is 1.78. The first-order valence-corrected chi connectivity index (χ1v) is 9.18. The minimum atomic E-state index is -0.0833. The number of nitrogens with one attached hydrogen (secondary N) is 2. The Morgan fingerprint density at radius 2 is 2.04 bits per heavy atom. The second-order valence-electron chi connectivity index (χ2n) is 6.90. The molecule has 2 fully saturated rings. The van der Waals surface area contributed by atoms with E-state index in [9.17, 15) is 4.79 Å². The van der Waals surface area contributed by atoms with Crippen molar-refractivity contribution in [1.29, 1.82) is 0 Å². The fraction of sp³-hybridized carbons (Fsp3) is 0.632. The SMILES string of the molecule is CCNC(=O)COc1ccc(CNCC2CCN(C3CC3)C2)cc1. The van der Waals surface area contributed by atoms with Gasteiger partial charge in [-0.05, 0) is 62.9 Å². The van der Waals surface area contributed by atoms with Crippen molar-refractivity contribution in [3.8, 4) is 5.75 Å². The molecule has 1 saturated carbocycles. The molecule has 1 aromatic carbocycles. The van der Waals surface area contributed by atoms with Gasteiger partial charge in [-0.3, -0.25) is 4.79 Å². The Labute approximate surface area is 144 Å². The van der Waals surface area contributed by atoms with E-state index in [0.29, 0.717) is 6.54 Å². The van der Waals surface area contributed by atoms with Crippen LogP contribution < -0.4 is 15.4 Å². The van der Waals surface area contributed by atoms with Gasteiger partial charge in [0.05, 0.1) is 0 Å². The number of nitrogens with zero attached hydrogens (tertiary/aromatic N) is 1. The molecule has 1 amide bonds. The van der Waals surface area contributed by atoms with Crippen LogP contribution in [0.25, 0.3) is 0 Å². The lowest BCUT2D eigenvalue weighted by Gasteiger charge is -2.15. The van der Waals surface area contributed by atoms with E-state index in [1.165, 1.54) is 37.9 Å². The number of likely N-dealkylation sites (tertiary alicyclic amines) is 1.